The Kier molecular flexibility index (Phi) is 8.60. The average Bonchev–Trinajstić information content (AvgIpc) is 2.84. The molecule has 0 saturated heterocycles. The normalized spacial score (nSPS) is 12.5. The summed E-state index contributed by atoms with van der Waals surface area (Å²) in [5.74, 6) is -0.334. The van der Waals surface area contributed by atoms with Gasteiger partial charge in [-0.25, -0.2) is 8.42 Å². The Balaban J connectivity index is 1.97. The van der Waals surface area contributed by atoms with Gasteiger partial charge in [0, 0.05) is 23.7 Å². The first kappa shape index (κ1) is 24.9. The number of hydrogen-bond acceptors (Lipinski definition) is 5. The van der Waals surface area contributed by atoms with Crippen molar-refractivity contribution in [2.75, 3.05) is 19.8 Å². The first-order chi connectivity index (χ1) is 15.9. The molecule has 0 aromatic heterocycles. The first-order valence-electron chi connectivity index (χ1n) is 10.3. The van der Waals surface area contributed by atoms with E-state index in [2.05, 4.69) is 5.32 Å². The van der Waals surface area contributed by atoms with Crippen LogP contribution in [-0.4, -0.2) is 48.6 Å². The molecule has 0 radical (unpaired) electrons. The van der Waals surface area contributed by atoms with E-state index in [-0.39, 0.29) is 30.5 Å². The van der Waals surface area contributed by atoms with Crippen LogP contribution in [0.25, 0.3) is 0 Å². The molecule has 3 aromatic carbocycles. The molecule has 0 saturated carbocycles. The zero-order valence-corrected chi connectivity index (χ0v) is 19.3. The van der Waals surface area contributed by atoms with E-state index in [0.29, 0.717) is 21.7 Å². The summed E-state index contributed by atoms with van der Waals surface area (Å²) in [5, 5.41) is 22.1. The average molecular weight is 489 g/mol. The van der Waals surface area contributed by atoms with Gasteiger partial charge in [-0.05, 0) is 47.5 Å². The number of amides is 1. The van der Waals surface area contributed by atoms with Crippen molar-refractivity contribution in [3.63, 3.8) is 0 Å². The van der Waals surface area contributed by atoms with Gasteiger partial charge in [0.25, 0.3) is 5.91 Å². The van der Waals surface area contributed by atoms with Gasteiger partial charge < -0.3 is 15.5 Å². The molecule has 9 heteroatoms. The van der Waals surface area contributed by atoms with Gasteiger partial charge in [0.05, 0.1) is 24.2 Å². The van der Waals surface area contributed by atoms with Crippen molar-refractivity contribution >= 4 is 27.5 Å². The van der Waals surface area contributed by atoms with E-state index in [1.807, 2.05) is 0 Å². The summed E-state index contributed by atoms with van der Waals surface area (Å²) in [6, 6.07) is 20.3. The molecule has 0 aliphatic carbocycles. The third-order valence-corrected chi connectivity index (χ3v) is 7.20. The van der Waals surface area contributed by atoms with Crippen LogP contribution in [0.4, 0.5) is 0 Å². The zero-order chi connectivity index (χ0) is 23.8. The highest BCUT2D eigenvalue weighted by Gasteiger charge is 2.32. The molecule has 0 fully saturated rings. The van der Waals surface area contributed by atoms with E-state index in [1.54, 1.807) is 66.7 Å². The van der Waals surface area contributed by atoms with Crippen LogP contribution in [0.1, 0.15) is 27.5 Å². The number of aliphatic hydroxyl groups is 2. The standard InChI is InChI=1S/C24H25ClN2O5S/c25-21-12-10-19(11-13-21)23(17-29)27(33(31,32)22-4-2-1-3-5-22)16-18-6-8-20(9-7-18)24(30)26-14-15-28/h1-13,23,28-29H,14-17H2,(H,26,30)/t23-/m0/s1. The van der Waals surface area contributed by atoms with Crippen molar-refractivity contribution in [2.45, 2.75) is 17.5 Å². The second-order valence-corrected chi connectivity index (χ2v) is 9.62. The molecule has 3 N–H and O–H groups in total. The van der Waals surface area contributed by atoms with Crippen LogP contribution in [0.3, 0.4) is 0 Å². The van der Waals surface area contributed by atoms with Gasteiger partial charge in [0.2, 0.25) is 10.0 Å². The summed E-state index contributed by atoms with van der Waals surface area (Å²) in [6.45, 7) is -0.481. The topological polar surface area (TPSA) is 107 Å². The van der Waals surface area contributed by atoms with Crippen molar-refractivity contribution in [1.29, 1.82) is 0 Å². The molecular weight excluding hydrogens is 464 g/mol. The molecule has 0 unspecified atom stereocenters. The lowest BCUT2D eigenvalue weighted by molar-refractivity contribution is 0.0944. The number of carbonyl (C=O) groups is 1. The monoisotopic (exact) mass is 488 g/mol. The maximum atomic E-state index is 13.6. The Labute approximate surface area is 198 Å². The van der Waals surface area contributed by atoms with Gasteiger partial charge in [0.1, 0.15) is 0 Å². The smallest absolute Gasteiger partial charge is 0.251 e. The van der Waals surface area contributed by atoms with E-state index >= 15 is 0 Å². The fourth-order valence-electron chi connectivity index (χ4n) is 3.35. The third kappa shape index (κ3) is 6.19. The summed E-state index contributed by atoms with van der Waals surface area (Å²) in [6.07, 6.45) is 0. The molecule has 1 amide bonds. The summed E-state index contributed by atoms with van der Waals surface area (Å²) in [7, 11) is -3.97. The largest absolute Gasteiger partial charge is 0.395 e. The molecule has 174 valence electrons. The fourth-order valence-corrected chi connectivity index (χ4v) is 5.09. The number of nitrogens with one attached hydrogen (secondary N) is 1. The molecule has 0 heterocycles. The second-order valence-electron chi connectivity index (χ2n) is 7.29. The number of carbonyl (C=O) groups excluding carboxylic acids is 1. The summed E-state index contributed by atoms with van der Waals surface area (Å²) < 4.78 is 28.4. The molecular formula is C24H25ClN2O5S. The van der Waals surface area contributed by atoms with Crippen LogP contribution in [0.15, 0.2) is 83.8 Å². The molecule has 0 bridgehead atoms. The Morgan fingerprint density at radius 2 is 1.58 bits per heavy atom. The minimum absolute atomic E-state index is 0.0242. The number of hydrogen-bond donors (Lipinski definition) is 3. The van der Waals surface area contributed by atoms with Crippen LogP contribution in [0.5, 0.6) is 0 Å². The van der Waals surface area contributed by atoms with Crippen molar-refractivity contribution < 1.29 is 23.4 Å². The molecule has 1 atom stereocenters. The quantitative estimate of drug-likeness (QED) is 0.406. The molecule has 3 rings (SSSR count). The highest BCUT2D eigenvalue weighted by molar-refractivity contribution is 7.89. The van der Waals surface area contributed by atoms with Crippen LogP contribution in [0.2, 0.25) is 5.02 Å². The van der Waals surface area contributed by atoms with Crippen molar-refractivity contribution in [2.24, 2.45) is 0 Å². The number of halogens is 1. The number of benzene rings is 3. The van der Waals surface area contributed by atoms with E-state index in [0.717, 1.165) is 0 Å². The van der Waals surface area contributed by atoms with Crippen LogP contribution >= 0.6 is 11.6 Å². The van der Waals surface area contributed by atoms with Gasteiger partial charge in [0.15, 0.2) is 0 Å². The van der Waals surface area contributed by atoms with Gasteiger partial charge in [-0.2, -0.15) is 4.31 Å². The Morgan fingerprint density at radius 1 is 0.939 bits per heavy atom. The maximum Gasteiger partial charge on any atom is 0.251 e. The minimum atomic E-state index is -3.97. The van der Waals surface area contributed by atoms with Gasteiger partial charge in [-0.15, -0.1) is 0 Å². The van der Waals surface area contributed by atoms with E-state index in [4.69, 9.17) is 16.7 Å². The predicted octanol–water partition coefficient (Wildman–Crippen LogP) is 2.99. The lowest BCUT2D eigenvalue weighted by atomic mass is 10.1. The molecule has 7 nitrogen and oxygen atoms in total. The number of aliphatic hydroxyl groups excluding tert-OH is 2. The lowest BCUT2D eigenvalue weighted by Crippen LogP contribution is -2.36. The summed E-state index contributed by atoms with van der Waals surface area (Å²) in [4.78, 5) is 12.2. The van der Waals surface area contributed by atoms with Crippen molar-refractivity contribution in [1.82, 2.24) is 9.62 Å². The van der Waals surface area contributed by atoms with E-state index in [9.17, 15) is 18.3 Å². The van der Waals surface area contributed by atoms with Gasteiger partial charge in [-0.3, -0.25) is 4.79 Å². The number of nitrogens with zero attached hydrogens (tertiary/aromatic N) is 1. The molecule has 0 spiro atoms. The van der Waals surface area contributed by atoms with Crippen LogP contribution in [0, 0.1) is 0 Å². The molecule has 3 aromatic rings. The SMILES string of the molecule is O=C(NCCO)c1ccc(CN([C@@H](CO)c2ccc(Cl)cc2)S(=O)(=O)c2ccccc2)cc1. The summed E-state index contributed by atoms with van der Waals surface area (Å²) >= 11 is 5.99. The van der Waals surface area contributed by atoms with Crippen LogP contribution < -0.4 is 5.32 Å². The summed E-state index contributed by atoms with van der Waals surface area (Å²) in [5.41, 5.74) is 1.63. The lowest BCUT2D eigenvalue weighted by Gasteiger charge is -2.30. The fraction of sp³-hybridized carbons (Fsp3) is 0.208. The van der Waals surface area contributed by atoms with Gasteiger partial charge >= 0.3 is 0 Å². The maximum absolute atomic E-state index is 13.6. The Hall–Kier alpha value is -2.75. The first-order valence-corrected chi connectivity index (χ1v) is 12.1. The number of sulfonamides is 1. The minimum Gasteiger partial charge on any atom is -0.395 e. The van der Waals surface area contributed by atoms with E-state index < -0.39 is 22.7 Å². The molecule has 33 heavy (non-hydrogen) atoms. The third-order valence-electron chi connectivity index (χ3n) is 5.08. The van der Waals surface area contributed by atoms with Gasteiger partial charge in [-0.1, -0.05) is 54.1 Å². The second kappa shape index (κ2) is 11.4. The zero-order valence-electron chi connectivity index (χ0n) is 17.8. The Bertz CT molecular complexity index is 1150. The Morgan fingerprint density at radius 3 is 2.15 bits per heavy atom. The molecule has 0 aliphatic heterocycles. The predicted molar refractivity (Wildman–Crippen MR) is 126 cm³/mol. The highest BCUT2D eigenvalue weighted by Crippen LogP contribution is 2.30. The van der Waals surface area contributed by atoms with Crippen molar-refractivity contribution in [3.05, 3.63) is 101 Å². The van der Waals surface area contributed by atoms with Crippen molar-refractivity contribution in [3.8, 4) is 0 Å². The highest BCUT2D eigenvalue weighted by atomic mass is 35.5. The number of rotatable bonds is 10. The molecule has 0 aliphatic rings. The van der Waals surface area contributed by atoms with E-state index in [1.165, 1.54) is 16.4 Å². The van der Waals surface area contributed by atoms with Crippen LogP contribution in [-0.2, 0) is 16.6 Å².